The van der Waals surface area contributed by atoms with Gasteiger partial charge >= 0.3 is 18.0 Å². The van der Waals surface area contributed by atoms with Gasteiger partial charge < -0.3 is 14.7 Å². The van der Waals surface area contributed by atoms with E-state index < -0.39 is 40.0 Å². The van der Waals surface area contributed by atoms with Crippen LogP contribution in [0.3, 0.4) is 0 Å². The first-order valence-electron chi connectivity index (χ1n) is 13.1. The molecule has 2 aliphatic rings. The van der Waals surface area contributed by atoms with Crippen LogP contribution in [-0.2, 0) is 26.0 Å². The highest BCUT2D eigenvalue weighted by molar-refractivity contribution is 7.85. The quantitative estimate of drug-likeness (QED) is 0.394. The maximum absolute atomic E-state index is 13.3. The first-order chi connectivity index (χ1) is 19.6. The van der Waals surface area contributed by atoms with Crippen LogP contribution in [0.5, 0.6) is 0 Å². The van der Waals surface area contributed by atoms with Crippen molar-refractivity contribution >= 4 is 16.7 Å². The summed E-state index contributed by atoms with van der Waals surface area (Å²) in [7, 11) is 0.305. The fourth-order valence-corrected chi connectivity index (χ4v) is 6.55. The Bertz CT molecular complexity index is 1190. The highest BCUT2D eigenvalue weighted by Gasteiger charge is 2.73. The predicted molar refractivity (Wildman–Crippen MR) is 138 cm³/mol. The molecule has 0 aromatic heterocycles. The summed E-state index contributed by atoms with van der Waals surface area (Å²) in [6, 6.07) is 9.60. The van der Waals surface area contributed by atoms with Gasteiger partial charge in [-0.15, -0.1) is 0 Å². The Labute approximate surface area is 240 Å². The number of aliphatic hydroxyl groups excluding tert-OH is 1. The van der Waals surface area contributed by atoms with Crippen LogP contribution in [0, 0.1) is 11.7 Å². The Morgan fingerprint density at radius 3 is 1.98 bits per heavy atom. The minimum absolute atomic E-state index is 0.0324. The van der Waals surface area contributed by atoms with Gasteiger partial charge in [-0.25, -0.2) is 8.78 Å². The molecule has 2 unspecified atom stereocenters. The van der Waals surface area contributed by atoms with Crippen molar-refractivity contribution in [3.8, 4) is 0 Å². The van der Waals surface area contributed by atoms with Crippen molar-refractivity contribution in [1.29, 1.82) is 0 Å². The molecule has 2 aromatic carbocycles. The van der Waals surface area contributed by atoms with Crippen LogP contribution in [0.4, 0.5) is 35.1 Å². The summed E-state index contributed by atoms with van der Waals surface area (Å²) >= 11 is 0. The summed E-state index contributed by atoms with van der Waals surface area (Å²) in [4.78, 5) is 15.4. The molecule has 0 radical (unpaired) electrons. The lowest BCUT2D eigenvalue weighted by atomic mass is 9.78. The molecule has 0 spiro atoms. The summed E-state index contributed by atoms with van der Waals surface area (Å²) < 4.78 is 118. The summed E-state index contributed by atoms with van der Waals surface area (Å²) in [5.74, 6) is -0.145. The number of amides is 1. The van der Waals surface area contributed by atoms with Crippen molar-refractivity contribution < 1.29 is 54.0 Å². The lowest BCUT2D eigenvalue weighted by Gasteiger charge is -2.39. The zero-order valence-corrected chi connectivity index (χ0v) is 23.4. The van der Waals surface area contributed by atoms with Crippen molar-refractivity contribution in [2.45, 2.75) is 65.9 Å². The largest absolute Gasteiger partial charge is 0.435 e. The number of methoxy groups -OCH3 is 1. The second-order valence-corrected chi connectivity index (χ2v) is 12.0. The van der Waals surface area contributed by atoms with Gasteiger partial charge in [0.15, 0.2) is 0 Å². The number of hydrogen-bond acceptors (Lipinski definition) is 4. The maximum atomic E-state index is 13.3. The molecule has 1 saturated heterocycles. The van der Waals surface area contributed by atoms with Crippen LogP contribution in [-0.4, -0.2) is 70.1 Å². The van der Waals surface area contributed by atoms with Gasteiger partial charge in [0.2, 0.25) is 0 Å². The van der Waals surface area contributed by atoms with E-state index >= 15 is 0 Å². The molecule has 1 aliphatic heterocycles. The van der Waals surface area contributed by atoms with Gasteiger partial charge in [-0.1, -0.05) is 30.3 Å². The second-order valence-electron chi connectivity index (χ2n) is 10.3. The van der Waals surface area contributed by atoms with Gasteiger partial charge in [0, 0.05) is 37.3 Å². The van der Waals surface area contributed by atoms with E-state index in [1.165, 1.54) is 18.2 Å². The molecule has 1 saturated carbocycles. The number of alkyl halides is 7. The average molecular weight is 630 g/mol. The number of carbonyl (C=O) groups excluding carboxylic acids is 1. The number of benzene rings is 2. The van der Waals surface area contributed by atoms with Crippen LogP contribution >= 0.6 is 0 Å². The number of hydrogen-bond donors (Lipinski definition) is 1. The number of ether oxygens (including phenoxy) is 1. The summed E-state index contributed by atoms with van der Waals surface area (Å²) in [5.41, 5.74) is -7.63. The monoisotopic (exact) mass is 629 g/mol. The molecule has 1 aliphatic carbocycles. The lowest BCUT2D eigenvalue weighted by Crippen LogP contribution is -2.52. The smallest absolute Gasteiger partial charge is 0.396 e. The highest BCUT2D eigenvalue weighted by atomic mass is 32.2. The van der Waals surface area contributed by atoms with E-state index in [-0.39, 0.29) is 29.5 Å². The molecule has 2 atom stereocenters. The minimum atomic E-state index is -6.05. The molecule has 1 heterocycles. The number of carbonyl (C=O) groups is 1. The Morgan fingerprint density at radius 1 is 0.952 bits per heavy atom. The molecule has 2 fully saturated rings. The Kier molecular flexibility index (Phi) is 10.8. The molecule has 234 valence electrons. The van der Waals surface area contributed by atoms with Crippen molar-refractivity contribution in [1.82, 2.24) is 4.90 Å². The van der Waals surface area contributed by atoms with Crippen molar-refractivity contribution in [2.24, 2.45) is 5.92 Å². The topological polar surface area (TPSA) is 66.8 Å². The molecule has 0 bridgehead atoms. The van der Waals surface area contributed by atoms with Crippen molar-refractivity contribution in [3.63, 3.8) is 0 Å². The van der Waals surface area contributed by atoms with Crippen LogP contribution in [0.25, 0.3) is 0 Å². The van der Waals surface area contributed by atoms with Crippen molar-refractivity contribution in [2.75, 3.05) is 26.8 Å². The van der Waals surface area contributed by atoms with E-state index in [1.807, 2.05) is 0 Å². The van der Waals surface area contributed by atoms with E-state index in [0.717, 1.165) is 25.0 Å². The van der Waals surface area contributed by atoms with E-state index in [9.17, 15) is 49.2 Å². The van der Waals surface area contributed by atoms with Crippen LogP contribution in [0.2, 0.25) is 0 Å². The van der Waals surface area contributed by atoms with Gasteiger partial charge in [0.05, 0.1) is 16.0 Å². The van der Waals surface area contributed by atoms with E-state index in [2.05, 4.69) is 0 Å². The molecule has 2 aromatic rings. The lowest BCUT2D eigenvalue weighted by molar-refractivity contribution is -0.348. The van der Waals surface area contributed by atoms with Gasteiger partial charge in [0.25, 0.3) is 5.91 Å². The molecule has 1 amide bonds. The van der Waals surface area contributed by atoms with E-state index in [1.54, 1.807) is 24.1 Å². The zero-order chi connectivity index (χ0) is 31.3. The van der Waals surface area contributed by atoms with Crippen LogP contribution in [0.15, 0.2) is 59.5 Å². The normalized spacial score (nSPS) is 24.1. The fraction of sp³-hybridized carbons (Fsp3) is 0.536. The minimum Gasteiger partial charge on any atom is -0.396 e. The van der Waals surface area contributed by atoms with E-state index in [4.69, 9.17) is 4.74 Å². The van der Waals surface area contributed by atoms with Gasteiger partial charge in [0.1, 0.15) is 11.4 Å². The molecule has 5 nitrogen and oxygen atoms in total. The third kappa shape index (κ3) is 7.13. The molecule has 1 N–H and O–H groups in total. The van der Waals surface area contributed by atoms with Crippen LogP contribution < -0.4 is 0 Å². The van der Waals surface area contributed by atoms with Crippen molar-refractivity contribution in [3.05, 3.63) is 66.0 Å². The Hall–Kier alpha value is -2.58. The number of aliphatic hydroxyl groups is 1. The Balaban J connectivity index is 0.000000260. The summed E-state index contributed by atoms with van der Waals surface area (Å²) in [6.07, 6.45) is -8.68. The fourth-order valence-electron chi connectivity index (χ4n) is 5.12. The third-order valence-corrected chi connectivity index (χ3v) is 9.41. The molecular weight excluding hydrogens is 598 g/mol. The number of likely N-dealkylation sites (tertiary alicyclic amines) is 1. The molecule has 14 heteroatoms. The molecular formula is C28H31F8NO4S. The number of halogens is 8. The molecule has 42 heavy (non-hydrogen) atoms. The van der Waals surface area contributed by atoms with E-state index in [0.29, 0.717) is 49.4 Å². The molecule has 4 rings (SSSR count). The zero-order valence-electron chi connectivity index (χ0n) is 22.6. The first kappa shape index (κ1) is 33.9. The maximum Gasteiger partial charge on any atom is 0.435 e. The number of rotatable bonds is 6. The first-order valence-corrected chi connectivity index (χ1v) is 14.3. The van der Waals surface area contributed by atoms with Gasteiger partial charge in [-0.05, 0) is 62.3 Å². The van der Waals surface area contributed by atoms with Gasteiger partial charge in [-0.3, -0.25) is 9.00 Å². The standard InChI is InChI=1S/C19H26FNO4S.C9H5F7/c1-25-19(9-6-14(13-22)7-10-19)18(23)21-11-8-17(12-21)26(24)16-4-2-15(20)3-5-16;10-7(8(11,12)13,9(14,15)16)6-4-2-1-3-5-6/h2-5,14,17,22H,6-13H2,1H3;1-5H. The third-order valence-electron chi connectivity index (χ3n) is 7.69. The van der Waals surface area contributed by atoms with Gasteiger partial charge in [-0.2, -0.15) is 26.3 Å². The predicted octanol–water partition coefficient (Wildman–Crippen LogP) is 6.08. The summed E-state index contributed by atoms with van der Waals surface area (Å²) in [5, 5.41) is 9.17. The number of nitrogens with zero attached hydrogens (tertiary/aromatic N) is 1. The highest BCUT2D eigenvalue weighted by Crippen LogP contribution is 2.53. The average Bonchev–Trinajstić information content (AvgIpc) is 3.46. The Morgan fingerprint density at radius 2 is 1.50 bits per heavy atom. The summed E-state index contributed by atoms with van der Waals surface area (Å²) in [6.45, 7) is 1.14. The van der Waals surface area contributed by atoms with Crippen LogP contribution in [0.1, 0.15) is 37.7 Å². The SMILES string of the molecule is COC1(C(=O)N2CCC(S(=O)c3ccc(F)cc3)C2)CCC(CO)CC1.FC(F)(F)C(F)(c1ccccc1)C(F)(F)F. The second kappa shape index (κ2) is 13.4.